The molecular weight excluding hydrogens is 329 g/mol. The smallest absolute Gasteiger partial charge is 0.150 e. The van der Waals surface area contributed by atoms with Gasteiger partial charge < -0.3 is 5.32 Å². The molecule has 0 spiro atoms. The highest BCUT2D eigenvalue weighted by molar-refractivity contribution is 9.10. The molecule has 0 aliphatic rings. The van der Waals surface area contributed by atoms with Gasteiger partial charge in [-0.2, -0.15) is 0 Å². The maximum Gasteiger partial charge on any atom is 0.150 e. The van der Waals surface area contributed by atoms with E-state index < -0.39 is 0 Å². The second-order valence-electron chi connectivity index (χ2n) is 4.13. The second kappa shape index (κ2) is 7.07. The first kappa shape index (κ1) is 14.6. The molecule has 0 amide bonds. The Labute approximate surface area is 124 Å². The number of halogens is 2. The molecule has 6 heteroatoms. The van der Waals surface area contributed by atoms with Gasteiger partial charge >= 0.3 is 0 Å². The highest BCUT2D eigenvalue weighted by Crippen LogP contribution is 2.28. The summed E-state index contributed by atoms with van der Waals surface area (Å²) < 4.78 is 14.6. The van der Waals surface area contributed by atoms with Gasteiger partial charge in [0.15, 0.2) is 5.01 Å². The summed E-state index contributed by atoms with van der Waals surface area (Å²) in [4.78, 5) is 0. The SMILES string of the molecule is CCCNCCc1nnc(-c2cc(Br)ccc2F)s1. The molecular formula is C13H15BrFN3S. The molecule has 0 bridgehead atoms. The van der Waals surface area contributed by atoms with E-state index in [-0.39, 0.29) is 5.82 Å². The van der Waals surface area contributed by atoms with Gasteiger partial charge in [0.1, 0.15) is 10.8 Å². The molecule has 0 saturated heterocycles. The van der Waals surface area contributed by atoms with E-state index in [2.05, 4.69) is 38.4 Å². The summed E-state index contributed by atoms with van der Waals surface area (Å²) in [5.74, 6) is -0.269. The molecule has 1 N–H and O–H groups in total. The average molecular weight is 344 g/mol. The number of rotatable bonds is 6. The van der Waals surface area contributed by atoms with Crippen molar-refractivity contribution in [2.75, 3.05) is 13.1 Å². The molecule has 0 aliphatic carbocycles. The molecule has 2 rings (SSSR count). The maximum atomic E-state index is 13.7. The van der Waals surface area contributed by atoms with Crippen LogP contribution in [0.3, 0.4) is 0 Å². The zero-order valence-corrected chi connectivity index (χ0v) is 13.0. The quantitative estimate of drug-likeness (QED) is 0.813. The fourth-order valence-electron chi connectivity index (χ4n) is 1.62. The Morgan fingerprint density at radius 1 is 1.32 bits per heavy atom. The van der Waals surface area contributed by atoms with Crippen molar-refractivity contribution in [1.82, 2.24) is 15.5 Å². The van der Waals surface area contributed by atoms with Gasteiger partial charge in [-0.1, -0.05) is 34.2 Å². The fourth-order valence-corrected chi connectivity index (χ4v) is 2.84. The van der Waals surface area contributed by atoms with Crippen LogP contribution in [0.4, 0.5) is 4.39 Å². The Balaban J connectivity index is 2.06. The van der Waals surface area contributed by atoms with E-state index in [4.69, 9.17) is 0 Å². The van der Waals surface area contributed by atoms with E-state index in [1.54, 1.807) is 12.1 Å². The van der Waals surface area contributed by atoms with Crippen molar-refractivity contribution in [1.29, 1.82) is 0 Å². The Morgan fingerprint density at radius 3 is 2.95 bits per heavy atom. The van der Waals surface area contributed by atoms with Crippen molar-refractivity contribution >= 4 is 27.3 Å². The van der Waals surface area contributed by atoms with Crippen LogP contribution in [-0.2, 0) is 6.42 Å². The minimum Gasteiger partial charge on any atom is -0.316 e. The van der Waals surface area contributed by atoms with Crippen molar-refractivity contribution in [3.8, 4) is 10.6 Å². The molecule has 0 aliphatic heterocycles. The molecule has 0 atom stereocenters. The summed E-state index contributed by atoms with van der Waals surface area (Å²) in [6.45, 7) is 4.02. The van der Waals surface area contributed by atoms with E-state index in [1.807, 2.05) is 0 Å². The van der Waals surface area contributed by atoms with E-state index in [9.17, 15) is 4.39 Å². The van der Waals surface area contributed by atoms with Gasteiger partial charge in [-0.05, 0) is 31.2 Å². The van der Waals surface area contributed by atoms with Gasteiger partial charge in [-0.15, -0.1) is 10.2 Å². The highest BCUT2D eigenvalue weighted by Gasteiger charge is 2.11. The van der Waals surface area contributed by atoms with Gasteiger partial charge in [0.2, 0.25) is 0 Å². The zero-order valence-electron chi connectivity index (χ0n) is 10.6. The Morgan fingerprint density at radius 2 is 2.16 bits per heavy atom. The Bertz CT molecular complexity index is 544. The molecule has 1 aromatic heterocycles. The molecule has 3 nitrogen and oxygen atoms in total. The Hall–Kier alpha value is -0.850. The lowest BCUT2D eigenvalue weighted by molar-refractivity contribution is 0.630. The third kappa shape index (κ3) is 4.06. The molecule has 1 aromatic carbocycles. The number of hydrogen-bond donors (Lipinski definition) is 1. The van der Waals surface area contributed by atoms with Crippen LogP contribution in [0.2, 0.25) is 0 Å². The summed E-state index contributed by atoms with van der Waals surface area (Å²) >= 11 is 4.78. The number of nitrogens with zero attached hydrogens (tertiary/aromatic N) is 2. The van der Waals surface area contributed by atoms with Gasteiger partial charge in [0.25, 0.3) is 0 Å². The van der Waals surface area contributed by atoms with Crippen LogP contribution in [0, 0.1) is 5.82 Å². The van der Waals surface area contributed by atoms with Gasteiger partial charge in [0.05, 0.1) is 0 Å². The lowest BCUT2D eigenvalue weighted by atomic mass is 10.2. The molecule has 0 unspecified atom stereocenters. The van der Waals surface area contributed by atoms with Crippen molar-refractivity contribution < 1.29 is 4.39 Å². The van der Waals surface area contributed by atoms with Crippen LogP contribution in [0.25, 0.3) is 10.6 Å². The third-order valence-electron chi connectivity index (χ3n) is 2.57. The summed E-state index contributed by atoms with van der Waals surface area (Å²) in [6.07, 6.45) is 1.94. The lowest BCUT2D eigenvalue weighted by Crippen LogP contribution is -2.17. The first-order valence-corrected chi connectivity index (χ1v) is 7.80. The first-order chi connectivity index (χ1) is 9.20. The largest absolute Gasteiger partial charge is 0.316 e. The molecule has 0 saturated carbocycles. The molecule has 0 fully saturated rings. The maximum absolute atomic E-state index is 13.7. The zero-order chi connectivity index (χ0) is 13.7. The van der Waals surface area contributed by atoms with Gasteiger partial charge in [-0.25, -0.2) is 4.39 Å². The summed E-state index contributed by atoms with van der Waals surface area (Å²) in [5, 5.41) is 13.0. The van der Waals surface area contributed by atoms with Crippen LogP contribution in [-0.4, -0.2) is 23.3 Å². The number of aromatic nitrogens is 2. The third-order valence-corrected chi connectivity index (χ3v) is 4.08. The minimum atomic E-state index is -0.269. The molecule has 1 heterocycles. The van der Waals surface area contributed by atoms with Crippen LogP contribution in [0.1, 0.15) is 18.4 Å². The van der Waals surface area contributed by atoms with Gasteiger partial charge in [-0.3, -0.25) is 0 Å². The normalized spacial score (nSPS) is 10.9. The lowest BCUT2D eigenvalue weighted by Gasteiger charge is -1.99. The minimum absolute atomic E-state index is 0.269. The summed E-state index contributed by atoms with van der Waals surface area (Å²) in [6, 6.07) is 4.84. The predicted octanol–water partition coefficient (Wildman–Crippen LogP) is 3.65. The summed E-state index contributed by atoms with van der Waals surface area (Å²) in [7, 11) is 0. The monoisotopic (exact) mass is 343 g/mol. The van der Waals surface area contributed by atoms with Crippen molar-refractivity contribution in [3.05, 3.63) is 33.5 Å². The van der Waals surface area contributed by atoms with E-state index in [0.717, 1.165) is 35.4 Å². The fraction of sp³-hybridized carbons (Fsp3) is 0.385. The van der Waals surface area contributed by atoms with Crippen molar-refractivity contribution in [2.24, 2.45) is 0 Å². The van der Waals surface area contributed by atoms with Crippen molar-refractivity contribution in [3.63, 3.8) is 0 Å². The number of nitrogens with one attached hydrogen (secondary N) is 1. The van der Waals surface area contributed by atoms with E-state index >= 15 is 0 Å². The summed E-state index contributed by atoms with van der Waals surface area (Å²) in [5.41, 5.74) is 0.500. The standard InChI is InChI=1S/C13H15BrFN3S/c1-2-6-16-7-5-12-17-18-13(19-12)10-8-9(14)3-4-11(10)15/h3-4,8,16H,2,5-7H2,1H3. The van der Waals surface area contributed by atoms with Crippen LogP contribution >= 0.6 is 27.3 Å². The highest BCUT2D eigenvalue weighted by atomic mass is 79.9. The van der Waals surface area contributed by atoms with Crippen LogP contribution < -0.4 is 5.32 Å². The van der Waals surface area contributed by atoms with Gasteiger partial charge in [0, 0.05) is 23.0 Å². The average Bonchev–Trinajstić information content (AvgIpc) is 2.86. The topological polar surface area (TPSA) is 37.8 Å². The number of hydrogen-bond acceptors (Lipinski definition) is 4. The predicted molar refractivity (Wildman–Crippen MR) is 79.9 cm³/mol. The van der Waals surface area contributed by atoms with Crippen LogP contribution in [0.15, 0.2) is 22.7 Å². The Kier molecular flexibility index (Phi) is 5.42. The van der Waals surface area contributed by atoms with E-state index in [1.165, 1.54) is 17.4 Å². The molecule has 19 heavy (non-hydrogen) atoms. The van der Waals surface area contributed by atoms with Crippen LogP contribution in [0.5, 0.6) is 0 Å². The van der Waals surface area contributed by atoms with Crippen molar-refractivity contribution in [2.45, 2.75) is 19.8 Å². The van der Waals surface area contributed by atoms with E-state index in [0.29, 0.717) is 10.6 Å². The molecule has 102 valence electrons. The first-order valence-electron chi connectivity index (χ1n) is 6.19. The number of benzene rings is 1. The molecule has 2 aromatic rings. The second-order valence-corrected chi connectivity index (χ2v) is 6.10. The molecule has 0 radical (unpaired) electrons.